The first kappa shape index (κ1) is 23.1. The molecule has 0 amide bonds. The van der Waals surface area contributed by atoms with Crippen molar-refractivity contribution in [2.24, 2.45) is 0 Å². The number of alkyl halides is 1. The van der Waals surface area contributed by atoms with Crippen LogP contribution in [0.5, 0.6) is 0 Å². The fourth-order valence-corrected chi connectivity index (χ4v) is 3.71. The Morgan fingerprint density at radius 1 is 1.00 bits per heavy atom. The third-order valence-corrected chi connectivity index (χ3v) is 5.42. The van der Waals surface area contributed by atoms with Crippen LogP contribution >= 0.6 is 0 Å². The summed E-state index contributed by atoms with van der Waals surface area (Å²) in [7, 11) is 0. The topological polar surface area (TPSA) is 117 Å². The number of halogens is 1. The van der Waals surface area contributed by atoms with E-state index in [9.17, 15) is 19.2 Å². The maximum atomic E-state index is 16.1. The molecule has 34 heavy (non-hydrogen) atoms. The highest BCUT2D eigenvalue weighted by molar-refractivity contribution is 5.90. The highest BCUT2D eigenvalue weighted by Gasteiger charge is 2.58. The van der Waals surface area contributed by atoms with Crippen molar-refractivity contribution >= 4 is 11.9 Å². The van der Waals surface area contributed by atoms with E-state index in [-0.39, 0.29) is 11.1 Å². The van der Waals surface area contributed by atoms with Crippen LogP contribution in [-0.4, -0.2) is 46.0 Å². The molecule has 1 aliphatic heterocycles. The fourth-order valence-electron chi connectivity index (χ4n) is 3.71. The third kappa shape index (κ3) is 4.67. The molecule has 1 fully saturated rings. The second-order valence-corrected chi connectivity index (χ2v) is 7.85. The van der Waals surface area contributed by atoms with Gasteiger partial charge in [-0.3, -0.25) is 14.3 Å². The van der Waals surface area contributed by atoms with Gasteiger partial charge in [0.1, 0.15) is 12.7 Å². The van der Waals surface area contributed by atoms with Crippen molar-refractivity contribution in [1.82, 2.24) is 9.55 Å². The quantitative estimate of drug-likeness (QED) is 0.552. The Hall–Kier alpha value is -4.05. The largest absolute Gasteiger partial charge is 0.459 e. The van der Waals surface area contributed by atoms with E-state index in [1.807, 2.05) is 4.98 Å². The Labute approximate surface area is 192 Å². The normalized spacial score (nSPS) is 23.9. The number of hydrogen-bond donors (Lipinski definition) is 1. The maximum absolute atomic E-state index is 16.1. The zero-order valence-corrected chi connectivity index (χ0v) is 18.1. The number of H-pyrrole nitrogens is 1. The first-order chi connectivity index (χ1) is 16.3. The second-order valence-electron chi connectivity index (χ2n) is 7.85. The molecule has 2 aromatic carbocycles. The van der Waals surface area contributed by atoms with Gasteiger partial charge in [-0.15, -0.1) is 0 Å². The number of rotatable bonds is 6. The zero-order chi connectivity index (χ0) is 24.3. The number of aromatic amines is 1. The minimum absolute atomic E-state index is 0.183. The molecule has 0 saturated carbocycles. The molecule has 1 aromatic heterocycles. The summed E-state index contributed by atoms with van der Waals surface area (Å²) in [5.74, 6) is -1.49. The Morgan fingerprint density at radius 3 is 2.18 bits per heavy atom. The molecule has 9 nitrogen and oxygen atoms in total. The smallest absolute Gasteiger partial charge is 0.338 e. The van der Waals surface area contributed by atoms with Crippen molar-refractivity contribution in [3.05, 3.63) is 105 Å². The van der Waals surface area contributed by atoms with Crippen molar-refractivity contribution in [2.45, 2.75) is 31.0 Å². The van der Waals surface area contributed by atoms with Gasteiger partial charge in [-0.25, -0.2) is 18.8 Å². The summed E-state index contributed by atoms with van der Waals surface area (Å²) in [4.78, 5) is 50.8. The molecule has 4 rings (SSSR count). The average Bonchev–Trinajstić information content (AvgIpc) is 3.08. The van der Waals surface area contributed by atoms with Crippen LogP contribution in [0.1, 0.15) is 33.9 Å². The molecule has 1 N–H and O–H groups in total. The average molecular weight is 468 g/mol. The van der Waals surface area contributed by atoms with Crippen molar-refractivity contribution in [3.63, 3.8) is 0 Å². The van der Waals surface area contributed by atoms with E-state index in [1.54, 1.807) is 48.5 Å². The lowest BCUT2D eigenvalue weighted by atomic mass is 9.98. The summed E-state index contributed by atoms with van der Waals surface area (Å²) in [5, 5.41) is 0. The molecule has 176 valence electrons. The number of ether oxygens (including phenoxy) is 3. The number of carbonyl (C=O) groups is 2. The highest BCUT2D eigenvalue weighted by atomic mass is 19.1. The zero-order valence-electron chi connectivity index (χ0n) is 18.1. The van der Waals surface area contributed by atoms with Crippen molar-refractivity contribution in [1.29, 1.82) is 0 Å². The first-order valence-electron chi connectivity index (χ1n) is 10.4. The van der Waals surface area contributed by atoms with Gasteiger partial charge in [0.25, 0.3) is 5.56 Å². The van der Waals surface area contributed by atoms with Crippen LogP contribution < -0.4 is 11.2 Å². The van der Waals surface area contributed by atoms with Crippen LogP contribution in [0.15, 0.2) is 82.5 Å². The van der Waals surface area contributed by atoms with Crippen molar-refractivity contribution < 1.29 is 28.2 Å². The number of carbonyl (C=O) groups excluding carboxylic acids is 2. The van der Waals surface area contributed by atoms with Gasteiger partial charge in [0, 0.05) is 12.3 Å². The van der Waals surface area contributed by atoms with Crippen LogP contribution in [0.4, 0.5) is 4.39 Å². The Kier molecular flexibility index (Phi) is 6.42. The standard InChI is InChI=1S/C24H21FN2O7/c1-24(25)19(34-21(30)16-10-6-3-7-11-16)17(14-32-20(29)15-8-4-2-5-9-15)33-22(24)27-13-12-18(28)26-23(27)31/h2-13,17,19,22H,14H2,1H3,(H,26,28,31)/t17?,19?,22?,24-/m1/s1. The molecule has 4 atom stereocenters. The van der Waals surface area contributed by atoms with Crippen LogP contribution in [0.2, 0.25) is 0 Å². The number of nitrogens with one attached hydrogen (secondary N) is 1. The molecule has 0 aliphatic carbocycles. The predicted octanol–water partition coefficient (Wildman–Crippen LogP) is 2.24. The summed E-state index contributed by atoms with van der Waals surface area (Å²) in [6.07, 6.45) is -3.25. The van der Waals surface area contributed by atoms with E-state index < -0.39 is 53.9 Å². The molecule has 1 saturated heterocycles. The summed E-state index contributed by atoms with van der Waals surface area (Å²) in [6.45, 7) is 0.658. The number of nitrogens with zero attached hydrogens (tertiary/aromatic N) is 1. The van der Waals surface area contributed by atoms with Crippen LogP contribution in [0.3, 0.4) is 0 Å². The second kappa shape index (κ2) is 9.44. The van der Waals surface area contributed by atoms with Gasteiger partial charge in [0.15, 0.2) is 18.0 Å². The fraction of sp³-hybridized carbons (Fsp3) is 0.250. The van der Waals surface area contributed by atoms with Gasteiger partial charge in [-0.05, 0) is 31.2 Å². The van der Waals surface area contributed by atoms with Gasteiger partial charge < -0.3 is 14.2 Å². The summed E-state index contributed by atoms with van der Waals surface area (Å²) >= 11 is 0. The molecular weight excluding hydrogens is 447 g/mol. The van der Waals surface area contributed by atoms with Crippen molar-refractivity contribution in [3.8, 4) is 0 Å². The van der Waals surface area contributed by atoms with Gasteiger partial charge >= 0.3 is 17.6 Å². The lowest BCUT2D eigenvalue weighted by Crippen LogP contribution is -2.46. The van der Waals surface area contributed by atoms with Crippen LogP contribution in [0.25, 0.3) is 0 Å². The van der Waals surface area contributed by atoms with Gasteiger partial charge in [0.2, 0.25) is 0 Å². The minimum Gasteiger partial charge on any atom is -0.459 e. The number of benzene rings is 2. The van der Waals surface area contributed by atoms with E-state index >= 15 is 4.39 Å². The summed E-state index contributed by atoms with van der Waals surface area (Å²) in [5.41, 5.74) is -3.54. The number of esters is 2. The molecule has 3 unspecified atom stereocenters. The highest BCUT2D eigenvalue weighted by Crippen LogP contribution is 2.42. The molecule has 3 aromatic rings. The Bertz CT molecular complexity index is 1290. The predicted molar refractivity (Wildman–Crippen MR) is 117 cm³/mol. The summed E-state index contributed by atoms with van der Waals surface area (Å²) < 4.78 is 33.4. The first-order valence-corrected chi connectivity index (χ1v) is 10.4. The van der Waals surface area contributed by atoms with Crippen LogP contribution in [0, 0.1) is 0 Å². The van der Waals surface area contributed by atoms with E-state index in [0.717, 1.165) is 23.8 Å². The third-order valence-electron chi connectivity index (χ3n) is 5.42. The molecule has 0 radical (unpaired) electrons. The van der Waals surface area contributed by atoms with E-state index in [0.29, 0.717) is 0 Å². The number of aromatic nitrogens is 2. The Morgan fingerprint density at radius 2 is 1.59 bits per heavy atom. The SMILES string of the molecule is C[C@@]1(F)C(OC(=O)c2ccccc2)C(COC(=O)c2ccccc2)OC1n1ccc(=O)[nH]c1=O. The molecule has 2 heterocycles. The van der Waals surface area contributed by atoms with Gasteiger partial charge in [-0.1, -0.05) is 36.4 Å². The van der Waals surface area contributed by atoms with E-state index in [4.69, 9.17) is 14.2 Å². The van der Waals surface area contributed by atoms with Gasteiger partial charge in [-0.2, -0.15) is 0 Å². The lowest BCUT2D eigenvalue weighted by Gasteiger charge is -2.27. The molecule has 0 bridgehead atoms. The molecular formula is C24H21FN2O7. The molecule has 0 spiro atoms. The summed E-state index contributed by atoms with van der Waals surface area (Å²) in [6, 6.07) is 17.1. The van der Waals surface area contributed by atoms with E-state index in [2.05, 4.69) is 0 Å². The Balaban J connectivity index is 1.62. The maximum Gasteiger partial charge on any atom is 0.338 e. The monoisotopic (exact) mass is 468 g/mol. The molecule has 1 aliphatic rings. The van der Waals surface area contributed by atoms with Crippen LogP contribution in [-0.2, 0) is 14.2 Å². The van der Waals surface area contributed by atoms with E-state index in [1.165, 1.54) is 12.1 Å². The lowest BCUT2D eigenvalue weighted by molar-refractivity contribution is -0.0649. The van der Waals surface area contributed by atoms with Crippen molar-refractivity contribution in [2.75, 3.05) is 6.61 Å². The van der Waals surface area contributed by atoms with Gasteiger partial charge in [0.05, 0.1) is 11.1 Å². The minimum atomic E-state index is -2.42. The molecule has 10 heteroatoms. The number of hydrogen-bond acceptors (Lipinski definition) is 7.